The van der Waals surface area contributed by atoms with E-state index in [1.54, 1.807) is 6.20 Å². The lowest BCUT2D eigenvalue weighted by molar-refractivity contribution is 0.192. The Morgan fingerprint density at radius 3 is 3.11 bits per heavy atom. The van der Waals surface area contributed by atoms with Crippen molar-refractivity contribution in [1.82, 2.24) is 15.1 Å². The van der Waals surface area contributed by atoms with E-state index in [2.05, 4.69) is 21.2 Å². The molecule has 0 unspecified atom stereocenters. The van der Waals surface area contributed by atoms with Crippen molar-refractivity contribution in [3.63, 3.8) is 0 Å². The zero-order valence-corrected chi connectivity index (χ0v) is 10.1. The van der Waals surface area contributed by atoms with Gasteiger partial charge >= 0.3 is 0 Å². The molecule has 0 N–H and O–H groups in total. The Hall–Kier alpha value is -1.75. The molecule has 5 nitrogen and oxygen atoms in total. The van der Waals surface area contributed by atoms with Crippen molar-refractivity contribution >= 4 is 0 Å². The van der Waals surface area contributed by atoms with Gasteiger partial charge in [0, 0.05) is 31.3 Å². The standard InChI is InChI=1S/C13H15N3O2/c1-2-10(8-14-6-1)3-4-12-15-13(16-18-12)11-5-7-17-9-11/h1-2,6,8,11H,3-5,7,9H2/t11-/m0/s1. The summed E-state index contributed by atoms with van der Waals surface area (Å²) in [6.07, 6.45) is 6.25. The zero-order chi connectivity index (χ0) is 12.2. The highest BCUT2D eigenvalue weighted by Crippen LogP contribution is 2.22. The van der Waals surface area contributed by atoms with E-state index in [1.165, 1.54) is 5.56 Å². The molecule has 2 aromatic rings. The zero-order valence-electron chi connectivity index (χ0n) is 10.1. The molecule has 3 rings (SSSR count). The highest BCUT2D eigenvalue weighted by atomic mass is 16.5. The number of pyridine rings is 1. The van der Waals surface area contributed by atoms with Crippen LogP contribution in [0.4, 0.5) is 0 Å². The summed E-state index contributed by atoms with van der Waals surface area (Å²) in [5.74, 6) is 1.79. The van der Waals surface area contributed by atoms with Gasteiger partial charge in [-0.2, -0.15) is 4.98 Å². The molecule has 1 aliphatic rings. The molecule has 2 aromatic heterocycles. The molecule has 1 atom stereocenters. The molecule has 1 saturated heterocycles. The third-order valence-electron chi connectivity index (χ3n) is 3.13. The van der Waals surface area contributed by atoms with Gasteiger partial charge in [-0.05, 0) is 24.5 Å². The highest BCUT2D eigenvalue weighted by molar-refractivity contribution is 5.09. The van der Waals surface area contributed by atoms with Crippen LogP contribution in [0.3, 0.4) is 0 Å². The van der Waals surface area contributed by atoms with Crippen molar-refractivity contribution in [1.29, 1.82) is 0 Å². The minimum Gasteiger partial charge on any atom is -0.381 e. The van der Waals surface area contributed by atoms with Crippen LogP contribution in [0.25, 0.3) is 0 Å². The fourth-order valence-electron chi connectivity index (χ4n) is 2.07. The van der Waals surface area contributed by atoms with Gasteiger partial charge in [-0.1, -0.05) is 11.2 Å². The van der Waals surface area contributed by atoms with E-state index in [4.69, 9.17) is 9.26 Å². The average Bonchev–Trinajstić information content (AvgIpc) is 3.08. The van der Waals surface area contributed by atoms with Crippen molar-refractivity contribution in [3.8, 4) is 0 Å². The number of rotatable bonds is 4. The van der Waals surface area contributed by atoms with Crippen LogP contribution >= 0.6 is 0 Å². The van der Waals surface area contributed by atoms with Gasteiger partial charge in [0.1, 0.15) is 0 Å². The van der Waals surface area contributed by atoms with Crippen LogP contribution < -0.4 is 0 Å². The molecule has 1 aliphatic heterocycles. The minimum atomic E-state index is 0.306. The van der Waals surface area contributed by atoms with Gasteiger partial charge in [0.2, 0.25) is 5.89 Å². The third-order valence-corrected chi connectivity index (χ3v) is 3.13. The lowest BCUT2D eigenvalue weighted by Crippen LogP contribution is -2.00. The lowest BCUT2D eigenvalue weighted by atomic mass is 10.1. The second-order valence-corrected chi connectivity index (χ2v) is 4.47. The van der Waals surface area contributed by atoms with Gasteiger partial charge in [-0.25, -0.2) is 0 Å². The topological polar surface area (TPSA) is 61.0 Å². The third kappa shape index (κ3) is 2.56. The van der Waals surface area contributed by atoms with Crippen LogP contribution in [0, 0.1) is 0 Å². The van der Waals surface area contributed by atoms with Gasteiger partial charge < -0.3 is 9.26 Å². The molecule has 18 heavy (non-hydrogen) atoms. The summed E-state index contributed by atoms with van der Waals surface area (Å²) in [5, 5.41) is 4.03. The Balaban J connectivity index is 1.60. The van der Waals surface area contributed by atoms with Gasteiger partial charge in [0.15, 0.2) is 5.82 Å². The first-order chi connectivity index (χ1) is 8.92. The molecular weight excluding hydrogens is 230 g/mol. The van der Waals surface area contributed by atoms with E-state index in [9.17, 15) is 0 Å². The maximum atomic E-state index is 5.32. The molecular formula is C13H15N3O2. The maximum Gasteiger partial charge on any atom is 0.226 e. The Bertz CT molecular complexity index is 492. The van der Waals surface area contributed by atoms with Crippen molar-refractivity contribution in [2.75, 3.05) is 13.2 Å². The van der Waals surface area contributed by atoms with E-state index in [0.717, 1.165) is 31.7 Å². The second kappa shape index (κ2) is 5.27. The Morgan fingerprint density at radius 1 is 1.33 bits per heavy atom. The number of ether oxygens (including phenoxy) is 1. The number of aryl methyl sites for hydroxylation is 2. The highest BCUT2D eigenvalue weighted by Gasteiger charge is 2.22. The predicted octanol–water partition coefficient (Wildman–Crippen LogP) is 1.75. The van der Waals surface area contributed by atoms with Crippen molar-refractivity contribution in [2.45, 2.75) is 25.2 Å². The molecule has 0 saturated carbocycles. The fourth-order valence-corrected chi connectivity index (χ4v) is 2.07. The van der Waals surface area contributed by atoms with Gasteiger partial charge in [0.25, 0.3) is 0 Å². The first kappa shape index (κ1) is 11.3. The van der Waals surface area contributed by atoms with Gasteiger partial charge in [-0.15, -0.1) is 0 Å². The smallest absolute Gasteiger partial charge is 0.226 e. The van der Waals surface area contributed by atoms with Gasteiger partial charge in [0.05, 0.1) is 6.61 Å². The van der Waals surface area contributed by atoms with Crippen molar-refractivity contribution < 1.29 is 9.26 Å². The first-order valence-electron chi connectivity index (χ1n) is 6.21. The molecule has 0 radical (unpaired) electrons. The Morgan fingerprint density at radius 2 is 2.33 bits per heavy atom. The van der Waals surface area contributed by atoms with Crippen molar-refractivity contribution in [2.24, 2.45) is 0 Å². The van der Waals surface area contributed by atoms with Crippen LogP contribution in [0.5, 0.6) is 0 Å². The Labute approximate surface area is 105 Å². The van der Waals surface area contributed by atoms with E-state index < -0.39 is 0 Å². The molecule has 94 valence electrons. The molecule has 0 amide bonds. The summed E-state index contributed by atoms with van der Waals surface area (Å²) < 4.78 is 10.6. The fraction of sp³-hybridized carbons (Fsp3) is 0.462. The van der Waals surface area contributed by atoms with Crippen LogP contribution in [0.1, 0.15) is 29.6 Å². The molecule has 0 aliphatic carbocycles. The number of aromatic nitrogens is 3. The summed E-state index contributed by atoms with van der Waals surface area (Å²) >= 11 is 0. The van der Waals surface area contributed by atoms with Crippen LogP contribution in [0.15, 0.2) is 29.0 Å². The molecule has 5 heteroatoms. The maximum absolute atomic E-state index is 5.32. The summed E-state index contributed by atoms with van der Waals surface area (Å²) in [4.78, 5) is 8.51. The summed E-state index contributed by atoms with van der Waals surface area (Å²) in [6.45, 7) is 1.51. The van der Waals surface area contributed by atoms with Crippen LogP contribution in [-0.4, -0.2) is 28.3 Å². The first-order valence-corrected chi connectivity index (χ1v) is 6.21. The normalized spacial score (nSPS) is 19.2. The SMILES string of the molecule is c1cncc(CCc2nc([C@H]3CCOC3)no2)c1. The minimum absolute atomic E-state index is 0.306. The quantitative estimate of drug-likeness (QED) is 0.821. The molecule has 0 spiro atoms. The van der Waals surface area contributed by atoms with Crippen molar-refractivity contribution in [3.05, 3.63) is 41.8 Å². The number of nitrogens with zero attached hydrogens (tertiary/aromatic N) is 3. The van der Waals surface area contributed by atoms with Gasteiger partial charge in [-0.3, -0.25) is 4.98 Å². The average molecular weight is 245 g/mol. The van der Waals surface area contributed by atoms with E-state index >= 15 is 0 Å². The molecule has 1 fully saturated rings. The molecule has 3 heterocycles. The Kier molecular flexibility index (Phi) is 3.32. The van der Waals surface area contributed by atoms with E-state index in [1.807, 2.05) is 12.3 Å². The number of hydrogen-bond donors (Lipinski definition) is 0. The molecule has 0 aromatic carbocycles. The van der Waals surface area contributed by atoms with Crippen LogP contribution in [0.2, 0.25) is 0 Å². The van der Waals surface area contributed by atoms with E-state index in [-0.39, 0.29) is 0 Å². The lowest BCUT2D eigenvalue weighted by Gasteiger charge is -1.98. The van der Waals surface area contributed by atoms with E-state index in [0.29, 0.717) is 18.4 Å². The predicted molar refractivity (Wildman–Crippen MR) is 64.1 cm³/mol. The monoisotopic (exact) mass is 245 g/mol. The van der Waals surface area contributed by atoms with Crippen LogP contribution in [-0.2, 0) is 17.6 Å². The number of hydrogen-bond acceptors (Lipinski definition) is 5. The summed E-state index contributed by atoms with van der Waals surface area (Å²) in [6, 6.07) is 3.99. The second-order valence-electron chi connectivity index (χ2n) is 4.47. The summed E-state index contributed by atoms with van der Waals surface area (Å²) in [7, 11) is 0. The largest absolute Gasteiger partial charge is 0.381 e. The summed E-state index contributed by atoms with van der Waals surface area (Å²) in [5.41, 5.74) is 1.18. The molecule has 0 bridgehead atoms.